The molecular weight excluding hydrogens is 269 g/mol. The molecule has 1 heterocycles. The summed E-state index contributed by atoms with van der Waals surface area (Å²) in [4.78, 5) is 3.94. The quantitative estimate of drug-likeness (QED) is 0.815. The van der Waals surface area contributed by atoms with Gasteiger partial charge in [-0.3, -0.25) is 0 Å². The van der Waals surface area contributed by atoms with Crippen LogP contribution in [0.1, 0.15) is 0 Å². The maximum atomic E-state index is 9.34. The van der Waals surface area contributed by atoms with Gasteiger partial charge in [0.1, 0.15) is 0 Å². The predicted octanol–water partition coefficient (Wildman–Crippen LogP) is 4.57. The number of azo groups is 1. The molecule has 1 aromatic carbocycles. The highest BCUT2D eigenvalue weighted by Crippen LogP contribution is 2.36. The Morgan fingerprint density at radius 3 is 2.44 bits per heavy atom. The van der Waals surface area contributed by atoms with Crippen molar-refractivity contribution in [3.05, 3.63) is 33.8 Å². The summed E-state index contributed by atoms with van der Waals surface area (Å²) in [7, 11) is 0. The van der Waals surface area contributed by atoms with Gasteiger partial charge in [-0.25, -0.2) is 4.98 Å². The Bertz CT molecular complexity index is 505. The molecule has 16 heavy (non-hydrogen) atoms. The Kier molecular flexibility index (Phi) is 3.38. The van der Waals surface area contributed by atoms with Gasteiger partial charge < -0.3 is 5.11 Å². The van der Waals surface area contributed by atoms with Crippen molar-refractivity contribution in [1.29, 1.82) is 0 Å². The Morgan fingerprint density at radius 1 is 1.19 bits per heavy atom. The molecule has 0 radical (unpaired) electrons. The lowest BCUT2D eigenvalue weighted by Crippen LogP contribution is -1.71. The highest BCUT2D eigenvalue weighted by Gasteiger charge is 2.06. The maximum absolute atomic E-state index is 9.34. The lowest BCUT2D eigenvalue weighted by atomic mass is 10.3. The number of hydrogen-bond acceptors (Lipinski definition) is 5. The van der Waals surface area contributed by atoms with Crippen molar-refractivity contribution < 1.29 is 5.11 Å². The number of thiazole rings is 1. The zero-order chi connectivity index (χ0) is 11.5. The smallest absolute Gasteiger partial charge is 0.229 e. The van der Waals surface area contributed by atoms with Gasteiger partial charge in [-0.1, -0.05) is 23.2 Å². The predicted molar refractivity (Wildman–Crippen MR) is 64.4 cm³/mol. The topological polar surface area (TPSA) is 57.8 Å². The van der Waals surface area contributed by atoms with Crippen LogP contribution in [-0.2, 0) is 0 Å². The van der Waals surface area contributed by atoms with Crippen LogP contribution < -0.4 is 0 Å². The number of benzene rings is 1. The molecule has 0 aliphatic carbocycles. The molecule has 4 nitrogen and oxygen atoms in total. The summed E-state index contributed by atoms with van der Waals surface area (Å²) in [5.41, 5.74) is 0.461. The summed E-state index contributed by atoms with van der Waals surface area (Å²) in [5, 5.41) is 19.7. The summed E-state index contributed by atoms with van der Waals surface area (Å²) in [6, 6.07) is 2.94. The van der Waals surface area contributed by atoms with Crippen molar-refractivity contribution in [1.82, 2.24) is 4.98 Å². The number of phenolic OH excluding ortho intramolecular Hbond substituents is 1. The second kappa shape index (κ2) is 4.78. The van der Waals surface area contributed by atoms with E-state index in [1.165, 1.54) is 23.5 Å². The molecule has 0 spiro atoms. The van der Waals surface area contributed by atoms with Crippen molar-refractivity contribution in [3.8, 4) is 5.75 Å². The number of aromatic nitrogens is 1. The minimum atomic E-state index is -0.156. The third-order valence-electron chi connectivity index (χ3n) is 1.67. The van der Waals surface area contributed by atoms with E-state index in [1.54, 1.807) is 11.6 Å². The van der Waals surface area contributed by atoms with Gasteiger partial charge in [-0.05, 0) is 12.1 Å². The van der Waals surface area contributed by atoms with E-state index >= 15 is 0 Å². The highest BCUT2D eigenvalue weighted by molar-refractivity contribution is 7.13. The molecule has 82 valence electrons. The molecular formula is C9H5Cl2N3OS. The van der Waals surface area contributed by atoms with E-state index in [4.69, 9.17) is 23.2 Å². The fraction of sp³-hybridized carbons (Fsp3) is 0. The van der Waals surface area contributed by atoms with Crippen molar-refractivity contribution in [2.24, 2.45) is 10.2 Å². The van der Waals surface area contributed by atoms with Crippen LogP contribution in [0.15, 0.2) is 33.9 Å². The van der Waals surface area contributed by atoms with Gasteiger partial charge in [-0.15, -0.1) is 21.6 Å². The summed E-state index contributed by atoms with van der Waals surface area (Å²) in [6.07, 6.45) is 1.63. The van der Waals surface area contributed by atoms with Crippen LogP contribution in [-0.4, -0.2) is 10.1 Å². The van der Waals surface area contributed by atoms with Crippen LogP contribution in [0.2, 0.25) is 10.0 Å². The number of halogens is 2. The van der Waals surface area contributed by atoms with Crippen molar-refractivity contribution in [2.45, 2.75) is 0 Å². The Balaban J connectivity index is 2.29. The van der Waals surface area contributed by atoms with Crippen LogP contribution >= 0.6 is 34.5 Å². The van der Waals surface area contributed by atoms with Crippen molar-refractivity contribution in [2.75, 3.05) is 0 Å². The third kappa shape index (κ3) is 2.49. The zero-order valence-electron chi connectivity index (χ0n) is 7.76. The van der Waals surface area contributed by atoms with E-state index in [1.807, 2.05) is 0 Å². The van der Waals surface area contributed by atoms with Crippen LogP contribution in [0.5, 0.6) is 5.75 Å². The fourth-order valence-corrected chi connectivity index (χ4v) is 1.90. The molecule has 7 heteroatoms. The van der Waals surface area contributed by atoms with Crippen molar-refractivity contribution >= 4 is 45.4 Å². The average molecular weight is 274 g/mol. The first-order valence-corrected chi connectivity index (χ1v) is 5.79. The number of aromatic hydroxyl groups is 1. The molecule has 0 saturated carbocycles. The van der Waals surface area contributed by atoms with E-state index in [2.05, 4.69) is 15.2 Å². The molecule has 0 fully saturated rings. The van der Waals surface area contributed by atoms with Gasteiger partial charge in [0.25, 0.3) is 0 Å². The lowest BCUT2D eigenvalue weighted by molar-refractivity contribution is 0.476. The first kappa shape index (κ1) is 11.3. The molecule has 0 unspecified atom stereocenters. The first-order valence-electron chi connectivity index (χ1n) is 4.16. The minimum Gasteiger partial charge on any atom is -0.505 e. The van der Waals surface area contributed by atoms with E-state index in [0.29, 0.717) is 10.8 Å². The molecule has 1 N–H and O–H groups in total. The van der Waals surface area contributed by atoms with Crippen LogP contribution in [0.25, 0.3) is 0 Å². The first-order chi connectivity index (χ1) is 7.66. The molecule has 1 aromatic heterocycles. The molecule has 0 bridgehead atoms. The number of hydrogen-bond donors (Lipinski definition) is 1. The normalized spacial score (nSPS) is 11.1. The molecule has 0 atom stereocenters. The number of phenols is 1. The Labute approximate surface area is 105 Å². The molecule has 0 amide bonds. The second-order valence-corrected chi connectivity index (χ2v) is 4.46. The average Bonchev–Trinajstić information content (AvgIpc) is 2.75. The monoisotopic (exact) mass is 273 g/mol. The molecule has 2 rings (SSSR count). The molecule has 0 saturated heterocycles. The van der Waals surface area contributed by atoms with Gasteiger partial charge in [0.05, 0.1) is 15.7 Å². The summed E-state index contributed by atoms with van der Waals surface area (Å²) in [6.45, 7) is 0. The minimum absolute atomic E-state index is 0.139. The maximum Gasteiger partial charge on any atom is 0.229 e. The van der Waals surface area contributed by atoms with E-state index in [0.717, 1.165) is 0 Å². The molecule has 0 aliphatic heterocycles. The molecule has 2 aromatic rings. The number of rotatable bonds is 2. The second-order valence-electron chi connectivity index (χ2n) is 2.77. The Hall–Kier alpha value is -1.17. The van der Waals surface area contributed by atoms with Gasteiger partial charge in [0, 0.05) is 11.6 Å². The Morgan fingerprint density at radius 2 is 1.88 bits per heavy atom. The van der Waals surface area contributed by atoms with Crippen LogP contribution in [0, 0.1) is 0 Å². The van der Waals surface area contributed by atoms with Gasteiger partial charge in [-0.2, -0.15) is 0 Å². The van der Waals surface area contributed by atoms with E-state index < -0.39 is 0 Å². The van der Waals surface area contributed by atoms with E-state index in [-0.39, 0.29) is 15.8 Å². The van der Waals surface area contributed by atoms with Gasteiger partial charge in [0.2, 0.25) is 5.13 Å². The van der Waals surface area contributed by atoms with Gasteiger partial charge in [0.15, 0.2) is 5.75 Å². The van der Waals surface area contributed by atoms with Crippen LogP contribution in [0.4, 0.5) is 10.8 Å². The lowest BCUT2D eigenvalue weighted by Gasteiger charge is -1.99. The SMILES string of the molecule is Oc1c(Cl)cc(N=Nc2nccs2)cc1Cl. The van der Waals surface area contributed by atoms with Crippen molar-refractivity contribution in [3.63, 3.8) is 0 Å². The fourth-order valence-electron chi connectivity index (χ4n) is 0.976. The standard InChI is InChI=1S/C9H5Cl2N3OS/c10-6-3-5(4-7(11)8(6)15)13-14-9-12-1-2-16-9/h1-4,15H. The third-order valence-corrected chi connectivity index (χ3v) is 2.90. The zero-order valence-corrected chi connectivity index (χ0v) is 10.1. The molecule has 0 aliphatic rings. The van der Waals surface area contributed by atoms with Gasteiger partial charge >= 0.3 is 0 Å². The van der Waals surface area contributed by atoms with Crippen LogP contribution in [0.3, 0.4) is 0 Å². The summed E-state index contributed by atoms with van der Waals surface area (Å²) < 4.78 is 0. The highest BCUT2D eigenvalue weighted by atomic mass is 35.5. The largest absolute Gasteiger partial charge is 0.505 e. The number of nitrogens with zero attached hydrogens (tertiary/aromatic N) is 3. The summed E-state index contributed by atoms with van der Waals surface area (Å²) >= 11 is 12.8. The van der Waals surface area contributed by atoms with E-state index in [9.17, 15) is 5.11 Å². The summed E-state index contributed by atoms with van der Waals surface area (Å²) in [5.74, 6) is -0.156.